The fourth-order valence-corrected chi connectivity index (χ4v) is 4.77. The normalized spacial score (nSPS) is 11.2. The molecule has 0 aliphatic heterocycles. The number of aromatic nitrogens is 1. The van der Waals surface area contributed by atoms with Crippen LogP contribution in [0.15, 0.2) is 41.5 Å². The molecule has 0 atom stereocenters. The monoisotopic (exact) mass is 486 g/mol. The van der Waals surface area contributed by atoms with E-state index in [1.807, 2.05) is 12.1 Å². The standard InChI is InChI=1S/C22H20Cl2N6OS/c1-31-8-2-6-28-18-9-13(5-7-29-18)20-16(11-25)19(21(32-20)22(27)30-12-26)15-4-3-14(23)10-17(15)24/h3-5,7,9-10,12H,2,6,8H2,1H3,(H,28,29)(H3,26,27,30). The van der Waals surface area contributed by atoms with Gasteiger partial charge in [-0.25, -0.2) is 9.98 Å². The van der Waals surface area contributed by atoms with Crippen molar-refractivity contribution in [2.75, 3.05) is 25.6 Å². The second-order valence-corrected chi connectivity index (χ2v) is 8.46. The minimum absolute atomic E-state index is 0.126. The summed E-state index contributed by atoms with van der Waals surface area (Å²) in [4.78, 5) is 9.52. The number of nitrogens with one attached hydrogen (secondary N) is 2. The van der Waals surface area contributed by atoms with Gasteiger partial charge in [-0.15, -0.1) is 11.3 Å². The third kappa shape index (κ3) is 5.26. The average molecular weight is 487 g/mol. The molecule has 0 fully saturated rings. The smallest absolute Gasteiger partial charge is 0.143 e. The van der Waals surface area contributed by atoms with Gasteiger partial charge in [-0.2, -0.15) is 5.26 Å². The van der Waals surface area contributed by atoms with Crippen molar-refractivity contribution in [1.29, 1.82) is 10.7 Å². The van der Waals surface area contributed by atoms with E-state index in [-0.39, 0.29) is 5.84 Å². The number of hydrogen-bond acceptors (Lipinski definition) is 6. The van der Waals surface area contributed by atoms with Crippen LogP contribution in [-0.2, 0) is 4.74 Å². The van der Waals surface area contributed by atoms with E-state index in [1.54, 1.807) is 31.5 Å². The maximum atomic E-state index is 10.1. The van der Waals surface area contributed by atoms with Gasteiger partial charge in [-0.3, -0.25) is 5.41 Å². The molecule has 7 nitrogen and oxygen atoms in total. The molecule has 10 heteroatoms. The van der Waals surface area contributed by atoms with Crippen molar-refractivity contribution in [3.05, 3.63) is 57.0 Å². The lowest BCUT2D eigenvalue weighted by Gasteiger charge is -2.08. The van der Waals surface area contributed by atoms with E-state index >= 15 is 0 Å². The van der Waals surface area contributed by atoms with E-state index in [0.717, 1.165) is 18.3 Å². The lowest BCUT2D eigenvalue weighted by molar-refractivity contribution is 0.198. The van der Waals surface area contributed by atoms with Gasteiger partial charge in [0.05, 0.1) is 15.3 Å². The summed E-state index contributed by atoms with van der Waals surface area (Å²) >= 11 is 13.8. The second-order valence-electron chi connectivity index (χ2n) is 6.59. The molecule has 2 heterocycles. The molecule has 0 aliphatic carbocycles. The molecule has 0 saturated heterocycles. The number of anilines is 1. The summed E-state index contributed by atoms with van der Waals surface area (Å²) in [5.74, 6) is 0.811. The van der Waals surface area contributed by atoms with Crippen LogP contribution in [0.4, 0.5) is 5.82 Å². The highest BCUT2D eigenvalue weighted by Gasteiger charge is 2.24. The SMILES string of the molecule is COCCCNc1cc(-c2sc(C(N)=NC=N)c(-c3ccc(Cl)cc3Cl)c2C#N)ccn1. The molecule has 0 bridgehead atoms. The number of methoxy groups -OCH3 is 1. The van der Waals surface area contributed by atoms with Crippen molar-refractivity contribution in [2.24, 2.45) is 10.7 Å². The minimum atomic E-state index is 0.126. The Labute approximate surface area is 200 Å². The molecule has 0 aliphatic rings. The molecule has 0 saturated carbocycles. The van der Waals surface area contributed by atoms with Crippen LogP contribution in [-0.4, -0.2) is 37.4 Å². The van der Waals surface area contributed by atoms with Gasteiger partial charge < -0.3 is 15.8 Å². The zero-order valence-electron chi connectivity index (χ0n) is 17.2. The average Bonchev–Trinajstić information content (AvgIpc) is 3.17. The zero-order valence-corrected chi connectivity index (χ0v) is 19.5. The molecule has 2 aromatic heterocycles. The van der Waals surface area contributed by atoms with Gasteiger partial charge in [0.25, 0.3) is 0 Å². The van der Waals surface area contributed by atoms with Gasteiger partial charge in [0.1, 0.15) is 24.1 Å². The Balaban J connectivity index is 2.15. The number of rotatable bonds is 9. The summed E-state index contributed by atoms with van der Waals surface area (Å²) in [6.07, 6.45) is 3.38. The zero-order chi connectivity index (χ0) is 23.1. The number of amidine groups is 1. The Morgan fingerprint density at radius 1 is 1.38 bits per heavy atom. The highest BCUT2D eigenvalue weighted by atomic mass is 35.5. The van der Waals surface area contributed by atoms with Crippen LogP contribution in [0.25, 0.3) is 21.6 Å². The summed E-state index contributed by atoms with van der Waals surface area (Å²) in [5.41, 5.74) is 8.54. The van der Waals surface area contributed by atoms with Gasteiger partial charge in [0.2, 0.25) is 0 Å². The molecule has 1 aromatic carbocycles. The first-order chi connectivity index (χ1) is 15.5. The first kappa shape index (κ1) is 23.7. The summed E-state index contributed by atoms with van der Waals surface area (Å²) in [6, 6.07) is 11.0. The molecule has 164 valence electrons. The molecular formula is C22H20Cl2N6OS. The van der Waals surface area contributed by atoms with Gasteiger partial charge in [0, 0.05) is 47.6 Å². The van der Waals surface area contributed by atoms with Crippen LogP contribution in [0.3, 0.4) is 0 Å². The summed E-state index contributed by atoms with van der Waals surface area (Å²) in [5, 5.41) is 21.5. The number of nitrogens with zero attached hydrogens (tertiary/aromatic N) is 3. The Morgan fingerprint density at radius 2 is 2.19 bits per heavy atom. The predicted octanol–water partition coefficient (Wildman–Crippen LogP) is 5.42. The number of ether oxygens (including phenoxy) is 1. The predicted molar refractivity (Wildman–Crippen MR) is 132 cm³/mol. The third-order valence-electron chi connectivity index (χ3n) is 4.51. The van der Waals surface area contributed by atoms with E-state index in [2.05, 4.69) is 21.4 Å². The van der Waals surface area contributed by atoms with Crippen molar-refractivity contribution >= 4 is 52.5 Å². The van der Waals surface area contributed by atoms with Gasteiger partial charge in [-0.05, 0) is 36.2 Å². The summed E-state index contributed by atoms with van der Waals surface area (Å²) in [6.45, 7) is 1.35. The van der Waals surface area contributed by atoms with Crippen LogP contribution in [0, 0.1) is 16.7 Å². The number of halogens is 2. The lowest BCUT2D eigenvalue weighted by Crippen LogP contribution is -2.12. The molecule has 0 spiro atoms. The molecule has 3 aromatic rings. The molecule has 0 unspecified atom stereocenters. The molecule has 32 heavy (non-hydrogen) atoms. The van der Waals surface area contributed by atoms with Crippen molar-refractivity contribution in [3.8, 4) is 27.6 Å². The highest BCUT2D eigenvalue weighted by molar-refractivity contribution is 7.18. The second kappa shape index (κ2) is 11.1. The van der Waals surface area contributed by atoms with E-state index in [4.69, 9.17) is 39.1 Å². The van der Waals surface area contributed by atoms with Crippen molar-refractivity contribution in [2.45, 2.75) is 6.42 Å². The minimum Gasteiger partial charge on any atom is -0.385 e. The van der Waals surface area contributed by atoms with Crippen LogP contribution in [0.1, 0.15) is 16.9 Å². The number of nitrogens with two attached hydrogens (primary N) is 1. The Bertz CT molecular complexity index is 1200. The van der Waals surface area contributed by atoms with Gasteiger partial charge >= 0.3 is 0 Å². The number of benzene rings is 1. The van der Waals surface area contributed by atoms with Crippen LogP contribution < -0.4 is 11.1 Å². The Kier molecular flexibility index (Phi) is 8.20. The van der Waals surface area contributed by atoms with E-state index in [9.17, 15) is 5.26 Å². The van der Waals surface area contributed by atoms with Gasteiger partial charge in [-0.1, -0.05) is 29.3 Å². The van der Waals surface area contributed by atoms with Crippen molar-refractivity contribution in [1.82, 2.24) is 4.98 Å². The number of thiophene rings is 1. The highest BCUT2D eigenvalue weighted by Crippen LogP contribution is 2.44. The Morgan fingerprint density at radius 3 is 2.88 bits per heavy atom. The first-order valence-corrected chi connectivity index (χ1v) is 11.1. The number of aliphatic imine (C=N–C) groups is 1. The number of pyridine rings is 1. The Hall–Kier alpha value is -2.96. The first-order valence-electron chi connectivity index (χ1n) is 9.54. The summed E-state index contributed by atoms with van der Waals surface area (Å²) in [7, 11) is 1.66. The molecular weight excluding hydrogens is 467 g/mol. The fourth-order valence-electron chi connectivity index (χ4n) is 3.10. The number of nitriles is 1. The van der Waals surface area contributed by atoms with E-state index in [0.29, 0.717) is 55.5 Å². The largest absolute Gasteiger partial charge is 0.385 e. The molecule has 0 radical (unpaired) electrons. The van der Waals surface area contributed by atoms with E-state index in [1.165, 1.54) is 11.3 Å². The quantitative estimate of drug-likeness (QED) is 0.212. The van der Waals surface area contributed by atoms with Crippen LogP contribution >= 0.6 is 34.5 Å². The van der Waals surface area contributed by atoms with Crippen LogP contribution in [0.5, 0.6) is 0 Å². The topological polar surface area (TPSA) is 120 Å². The lowest BCUT2D eigenvalue weighted by atomic mass is 9.98. The van der Waals surface area contributed by atoms with E-state index < -0.39 is 0 Å². The van der Waals surface area contributed by atoms with Crippen molar-refractivity contribution in [3.63, 3.8) is 0 Å². The van der Waals surface area contributed by atoms with Crippen LogP contribution in [0.2, 0.25) is 10.0 Å². The van der Waals surface area contributed by atoms with Gasteiger partial charge in [0.15, 0.2) is 0 Å². The molecule has 0 amide bonds. The molecule has 3 rings (SSSR count). The third-order valence-corrected chi connectivity index (χ3v) is 6.32. The fraction of sp³-hybridized carbons (Fsp3) is 0.182. The number of hydrogen-bond donors (Lipinski definition) is 3. The molecule has 4 N–H and O–H groups in total. The maximum absolute atomic E-state index is 10.1. The summed E-state index contributed by atoms with van der Waals surface area (Å²) < 4.78 is 5.07. The maximum Gasteiger partial charge on any atom is 0.143 e. The van der Waals surface area contributed by atoms with Crippen molar-refractivity contribution < 1.29 is 4.74 Å².